The predicted octanol–water partition coefficient (Wildman–Crippen LogP) is 5.78. The number of hydrogen-bond acceptors (Lipinski definition) is 11. The van der Waals surface area contributed by atoms with Gasteiger partial charge < -0.3 is 30.1 Å². The van der Waals surface area contributed by atoms with E-state index >= 15 is 17.6 Å². The van der Waals surface area contributed by atoms with Crippen LogP contribution in [0.4, 0.5) is 17.6 Å². The van der Waals surface area contributed by atoms with E-state index in [0.29, 0.717) is 0 Å². The molecule has 1 radical (unpaired) electrons. The summed E-state index contributed by atoms with van der Waals surface area (Å²) in [4.78, 5) is 23.5. The van der Waals surface area contributed by atoms with Crippen LogP contribution in [0.25, 0.3) is 28.3 Å². The van der Waals surface area contributed by atoms with Gasteiger partial charge in [0.15, 0.2) is 23.3 Å². The van der Waals surface area contributed by atoms with Crippen molar-refractivity contribution < 1.29 is 62.2 Å². The first kappa shape index (κ1) is 43.9. The maximum atomic E-state index is 15.2. The summed E-state index contributed by atoms with van der Waals surface area (Å²) in [5.41, 5.74) is 0.820. The molecular formula is C41H33F4N6O5RuS. The molecule has 2 aliphatic heterocycles. The third-order valence-electron chi connectivity index (χ3n) is 8.36. The van der Waals surface area contributed by atoms with Gasteiger partial charge in [0.1, 0.15) is 29.9 Å². The van der Waals surface area contributed by atoms with Gasteiger partial charge in [-0.25, -0.2) is 17.6 Å². The molecule has 5 atom stereocenters. The Morgan fingerprint density at radius 2 is 1.16 bits per heavy atom. The average Bonchev–Trinajstić information content (AvgIpc) is 4.01. The summed E-state index contributed by atoms with van der Waals surface area (Å²) in [7, 11) is 0. The Morgan fingerprint density at radius 1 is 0.655 bits per heavy atom. The normalized spacial score (nSPS) is 20.2. The van der Waals surface area contributed by atoms with E-state index in [4.69, 9.17) is 4.74 Å². The summed E-state index contributed by atoms with van der Waals surface area (Å²) in [6.45, 7) is -0.785. The van der Waals surface area contributed by atoms with Crippen LogP contribution in [0.3, 0.4) is 0 Å². The van der Waals surface area contributed by atoms with Crippen LogP contribution in [0.2, 0.25) is 0 Å². The summed E-state index contributed by atoms with van der Waals surface area (Å²) in [5, 5.41) is 39.1. The summed E-state index contributed by atoms with van der Waals surface area (Å²) >= 11 is 0.0695. The van der Waals surface area contributed by atoms with E-state index in [2.05, 4.69) is 29.9 Å². The molecule has 1 saturated heterocycles. The molecule has 5 aromatic heterocycles. The van der Waals surface area contributed by atoms with E-state index in [1.165, 1.54) is 36.7 Å². The van der Waals surface area contributed by atoms with Crippen molar-refractivity contribution in [3.8, 4) is 22.8 Å². The summed E-state index contributed by atoms with van der Waals surface area (Å²) in [6, 6.07) is 26.1. The molecule has 0 aliphatic carbocycles. The number of allylic oxidation sites excluding steroid dienone is 2. The number of aliphatic imine (C=N–C) groups is 1. The fourth-order valence-electron chi connectivity index (χ4n) is 5.56. The van der Waals surface area contributed by atoms with Crippen molar-refractivity contribution in [1.29, 1.82) is 0 Å². The van der Waals surface area contributed by atoms with Gasteiger partial charge in [0, 0.05) is 31.0 Å². The molecule has 1 aromatic carbocycles. The fraction of sp³-hybridized carbons (Fsp3) is 0.146. The molecule has 0 spiro atoms. The minimum atomic E-state index is -1.87. The van der Waals surface area contributed by atoms with E-state index in [1.807, 2.05) is 72.8 Å². The fourth-order valence-corrected chi connectivity index (χ4v) is 6.67. The number of nitrogens with zero attached hydrogens (tertiary/aromatic N) is 6. The second-order valence-electron chi connectivity index (χ2n) is 12.1. The number of aromatic nitrogens is 5. The number of hydrogen-bond donors (Lipinski definition) is 4. The van der Waals surface area contributed by atoms with E-state index < -0.39 is 70.2 Å². The van der Waals surface area contributed by atoms with Crippen molar-refractivity contribution in [2.24, 2.45) is 4.99 Å². The molecule has 11 nitrogen and oxygen atoms in total. The van der Waals surface area contributed by atoms with Crippen LogP contribution in [0, 0.1) is 23.3 Å². The molecule has 17 heteroatoms. The third-order valence-corrected chi connectivity index (χ3v) is 9.58. The van der Waals surface area contributed by atoms with Gasteiger partial charge in [0.25, 0.3) is 0 Å². The van der Waals surface area contributed by atoms with E-state index in [9.17, 15) is 20.4 Å². The molecule has 2 aliphatic rings. The van der Waals surface area contributed by atoms with Crippen LogP contribution in [0.1, 0.15) is 11.3 Å². The Kier molecular flexibility index (Phi) is 15.8. The zero-order valence-corrected chi connectivity index (χ0v) is 32.5. The van der Waals surface area contributed by atoms with Gasteiger partial charge in [-0.15, -0.1) is 5.69 Å². The average molecular weight is 899 g/mol. The molecular weight excluding hydrogens is 866 g/mol. The summed E-state index contributed by atoms with van der Waals surface area (Å²) in [5.74, 6) is -6.97. The largest absolute Gasteiger partial charge is 1.00 e. The molecule has 58 heavy (non-hydrogen) atoms. The Bertz CT molecular complexity index is 2120. The summed E-state index contributed by atoms with van der Waals surface area (Å²) < 4.78 is 65.6. The Hall–Kier alpha value is -5.26. The van der Waals surface area contributed by atoms with Crippen molar-refractivity contribution in [3.05, 3.63) is 168 Å². The molecule has 0 bridgehead atoms. The number of ether oxygens (including phenoxy) is 1. The third kappa shape index (κ3) is 10.2. The maximum absolute atomic E-state index is 15.2. The number of benzene rings is 1. The van der Waals surface area contributed by atoms with Crippen LogP contribution < -0.4 is 4.98 Å². The number of thioether (sulfide) groups is 1. The first-order valence-corrected chi connectivity index (χ1v) is 18.1. The van der Waals surface area contributed by atoms with Crippen molar-refractivity contribution in [2.75, 3.05) is 6.61 Å². The first-order chi connectivity index (χ1) is 27.7. The van der Waals surface area contributed by atoms with E-state index in [1.54, 1.807) is 24.8 Å². The molecule has 7 heterocycles. The van der Waals surface area contributed by atoms with Gasteiger partial charge in [-0.05, 0) is 66.3 Å². The van der Waals surface area contributed by atoms with Gasteiger partial charge in [0.05, 0.1) is 45.5 Å². The first-order valence-electron chi connectivity index (χ1n) is 17.2. The summed E-state index contributed by atoms with van der Waals surface area (Å²) in [6.07, 6.45) is 5.84. The minimum Gasteiger partial charge on any atom is -0.664 e. The topological polar surface area (TPSA) is 168 Å². The molecule has 0 saturated carbocycles. The number of halogens is 4. The van der Waals surface area contributed by atoms with Crippen LogP contribution in [0.5, 0.6) is 0 Å². The molecule has 4 N–H and O–H groups in total. The second-order valence-corrected chi connectivity index (χ2v) is 13.2. The standard InChI is InChI=1S/C21H17F4N2O5S.2C10H8N2.Ru/c22-13-12(11(8-3-1-5-26-8)9-4-2-6-27-9)14(23)16(25)20(15(13)24)33-21-19(31)18(30)17(29)10(7-28)32-21;2*1-3-7-11-9(5-1)10-6-2-4-8-12-10;/h1-6,10,17-19,21,28-31H,7H2;2*1-8H;/q-1;;;+1/b11-8+;;;/t10?,17-,18+,19?,21+;;;/m1.../s1. The van der Waals surface area contributed by atoms with Crippen molar-refractivity contribution in [3.63, 3.8) is 0 Å². The van der Waals surface area contributed by atoms with Crippen LogP contribution in [-0.2, 0) is 24.2 Å². The Morgan fingerprint density at radius 3 is 1.53 bits per heavy atom. The zero-order valence-electron chi connectivity index (χ0n) is 29.9. The Balaban J connectivity index is 0.000000207. The van der Waals surface area contributed by atoms with Gasteiger partial charge >= 0.3 is 19.5 Å². The van der Waals surface area contributed by atoms with E-state index in [0.717, 1.165) is 22.8 Å². The molecule has 6 aromatic rings. The second kappa shape index (κ2) is 21.0. The molecule has 299 valence electrons. The zero-order chi connectivity index (χ0) is 40.3. The van der Waals surface area contributed by atoms with E-state index in [-0.39, 0.29) is 48.2 Å². The van der Waals surface area contributed by atoms with Crippen LogP contribution in [0.15, 0.2) is 144 Å². The number of aliphatic hydroxyl groups is 4. The maximum Gasteiger partial charge on any atom is 1.00 e. The number of rotatable bonds is 7. The molecule has 8 rings (SSSR count). The minimum absolute atomic E-state index is 0. The van der Waals surface area contributed by atoms with Gasteiger partial charge in [-0.1, -0.05) is 48.2 Å². The van der Waals surface area contributed by atoms with Crippen LogP contribution in [-0.4, -0.2) is 83.0 Å². The molecule has 1 fully saturated rings. The smallest absolute Gasteiger partial charge is 0.664 e. The van der Waals surface area contributed by atoms with Crippen LogP contribution >= 0.6 is 11.8 Å². The van der Waals surface area contributed by atoms with Crippen molar-refractivity contribution in [1.82, 2.24) is 24.9 Å². The quantitative estimate of drug-likeness (QED) is 0.0872. The molecule has 0 amide bonds. The van der Waals surface area contributed by atoms with Crippen molar-refractivity contribution >= 4 is 23.5 Å². The number of aliphatic hydroxyl groups excluding tert-OH is 4. The van der Waals surface area contributed by atoms with Gasteiger partial charge in [-0.2, -0.15) is 6.20 Å². The molecule has 2 unspecified atom stereocenters. The van der Waals surface area contributed by atoms with Gasteiger partial charge in [-0.3, -0.25) is 24.9 Å². The SMILES string of the molecule is OCC1O[C@@H](Sc2c(F)c(F)c(/C(=C3\C=CC=N3)c3ccc[n-]3)c(F)c2F)C(O)[C@@H](O)[C@@H]1O.[Ru+].c1ccc(-c2ccccn2)nc1.c1ccc(-c2ccccn2)nc1. The van der Waals surface area contributed by atoms with Gasteiger partial charge in [0.2, 0.25) is 0 Å². The monoisotopic (exact) mass is 899 g/mol. The van der Waals surface area contributed by atoms with Crippen molar-refractivity contribution in [2.45, 2.75) is 34.7 Å². The Labute approximate surface area is 346 Å². The number of pyridine rings is 4. The predicted molar refractivity (Wildman–Crippen MR) is 204 cm³/mol.